The molecular weight excluding hydrogens is 679 g/mol. The van der Waals surface area contributed by atoms with Crippen molar-refractivity contribution >= 4 is 43.6 Å². The lowest BCUT2D eigenvalue weighted by Gasteiger charge is -2.14. The van der Waals surface area contributed by atoms with E-state index in [1.54, 1.807) is 0 Å². The monoisotopic (exact) mass is 713 g/mol. The summed E-state index contributed by atoms with van der Waals surface area (Å²) in [6, 6.07) is 76.1. The quantitative estimate of drug-likeness (QED) is 0.168. The van der Waals surface area contributed by atoms with Crippen molar-refractivity contribution in [2.24, 2.45) is 0 Å². The van der Waals surface area contributed by atoms with Gasteiger partial charge in [-0.25, -0.2) is 4.98 Å². The molecule has 0 unspecified atom stereocenters. The van der Waals surface area contributed by atoms with E-state index >= 15 is 0 Å². The van der Waals surface area contributed by atoms with Gasteiger partial charge in [-0.05, 0) is 76.9 Å². The number of benzene rings is 8. The highest BCUT2D eigenvalue weighted by molar-refractivity contribution is 6.23. The van der Waals surface area contributed by atoms with E-state index in [2.05, 4.69) is 221 Å². The topological polar surface area (TPSA) is 22.8 Å². The fourth-order valence-electron chi connectivity index (χ4n) is 8.51. The molecule has 8 aromatic carbocycles. The molecule has 0 bridgehead atoms. The van der Waals surface area contributed by atoms with Gasteiger partial charge in [-0.15, -0.1) is 0 Å². The predicted molar refractivity (Wildman–Crippen MR) is 235 cm³/mol. The first-order valence-corrected chi connectivity index (χ1v) is 19.1. The number of hydrogen-bond acceptors (Lipinski definition) is 1. The van der Waals surface area contributed by atoms with Crippen LogP contribution in [0.15, 0.2) is 212 Å². The summed E-state index contributed by atoms with van der Waals surface area (Å²) < 4.78 is 4.88. The standard InChI is InChI=1S/C53H35N3/c1-4-15-36(16-5-1)39-19-14-20-40(33-39)41-34-48(37-17-6-2-7-18-37)54-49(35-41)38-27-29-43(30-28-38)56-51-26-13-11-24-45(51)47-32-31-46-44-23-10-12-25-50(44)55(52(46)53(47)56)42-21-8-3-9-22-42/h1-35H. The van der Waals surface area contributed by atoms with Crippen LogP contribution >= 0.6 is 0 Å². The van der Waals surface area contributed by atoms with E-state index in [1.807, 2.05) is 0 Å². The van der Waals surface area contributed by atoms with Crippen molar-refractivity contribution in [3.8, 4) is 56.1 Å². The van der Waals surface area contributed by atoms with Gasteiger partial charge in [-0.1, -0.05) is 158 Å². The fraction of sp³-hybridized carbons (Fsp3) is 0. The first-order valence-electron chi connectivity index (χ1n) is 19.1. The Morgan fingerprint density at radius 3 is 1.27 bits per heavy atom. The maximum atomic E-state index is 5.27. The Bertz CT molecular complexity index is 3210. The van der Waals surface area contributed by atoms with Crippen molar-refractivity contribution in [2.75, 3.05) is 0 Å². The van der Waals surface area contributed by atoms with Crippen LogP contribution in [0, 0.1) is 0 Å². The third-order valence-electron chi connectivity index (χ3n) is 11.1. The van der Waals surface area contributed by atoms with Crippen molar-refractivity contribution in [2.45, 2.75) is 0 Å². The Balaban J connectivity index is 1.11. The zero-order valence-corrected chi connectivity index (χ0v) is 30.5. The lowest BCUT2D eigenvalue weighted by molar-refractivity contribution is 1.15. The molecule has 0 N–H and O–H groups in total. The lowest BCUT2D eigenvalue weighted by Crippen LogP contribution is -1.98. The Morgan fingerprint density at radius 2 is 0.696 bits per heavy atom. The van der Waals surface area contributed by atoms with E-state index < -0.39 is 0 Å². The van der Waals surface area contributed by atoms with E-state index in [1.165, 1.54) is 54.7 Å². The van der Waals surface area contributed by atoms with E-state index in [4.69, 9.17) is 4.98 Å². The van der Waals surface area contributed by atoms with Gasteiger partial charge in [-0.3, -0.25) is 0 Å². The molecule has 3 heterocycles. The smallest absolute Gasteiger partial charge is 0.0788 e. The first-order chi connectivity index (χ1) is 27.8. The Hall–Kier alpha value is -7.49. The third-order valence-corrected chi connectivity index (χ3v) is 11.1. The zero-order valence-electron chi connectivity index (χ0n) is 30.5. The average molecular weight is 714 g/mol. The molecule has 11 rings (SSSR count). The van der Waals surface area contributed by atoms with Crippen molar-refractivity contribution in [3.63, 3.8) is 0 Å². The SMILES string of the molecule is c1ccc(-c2cccc(-c3cc(-c4ccccc4)nc(-c4ccc(-n5c6ccccc6c6ccc7c8ccccc8n(-c8ccccc8)c7c65)cc4)c3)c2)cc1. The van der Waals surface area contributed by atoms with Gasteiger partial charge >= 0.3 is 0 Å². The van der Waals surface area contributed by atoms with Crippen molar-refractivity contribution in [3.05, 3.63) is 212 Å². The number of aromatic nitrogens is 3. The number of para-hydroxylation sites is 3. The average Bonchev–Trinajstić information content (AvgIpc) is 3.80. The molecule has 0 radical (unpaired) electrons. The summed E-state index contributed by atoms with van der Waals surface area (Å²) in [5, 5.41) is 4.95. The second-order valence-electron chi connectivity index (χ2n) is 14.4. The fourth-order valence-corrected chi connectivity index (χ4v) is 8.51. The van der Waals surface area contributed by atoms with Gasteiger partial charge in [-0.2, -0.15) is 0 Å². The van der Waals surface area contributed by atoms with Crippen molar-refractivity contribution in [1.82, 2.24) is 14.1 Å². The second-order valence-corrected chi connectivity index (χ2v) is 14.4. The molecule has 0 saturated carbocycles. The second kappa shape index (κ2) is 13.1. The van der Waals surface area contributed by atoms with E-state index in [0.29, 0.717) is 0 Å². The van der Waals surface area contributed by atoms with Crippen LogP contribution in [0.25, 0.3) is 99.8 Å². The molecule has 0 atom stereocenters. The Kier molecular flexibility index (Phi) is 7.49. The number of nitrogens with zero attached hydrogens (tertiary/aromatic N) is 3. The molecule has 3 heteroatoms. The normalized spacial score (nSPS) is 11.6. The van der Waals surface area contributed by atoms with Gasteiger partial charge in [0.1, 0.15) is 0 Å². The maximum absolute atomic E-state index is 5.27. The van der Waals surface area contributed by atoms with E-state index in [0.717, 1.165) is 45.0 Å². The molecular formula is C53H35N3. The molecule has 0 fully saturated rings. The largest absolute Gasteiger partial charge is 0.307 e. The van der Waals surface area contributed by atoms with Gasteiger partial charge in [0, 0.05) is 44.0 Å². The van der Waals surface area contributed by atoms with Crippen molar-refractivity contribution < 1.29 is 0 Å². The molecule has 3 aromatic heterocycles. The van der Waals surface area contributed by atoms with Crippen molar-refractivity contribution in [1.29, 1.82) is 0 Å². The lowest BCUT2D eigenvalue weighted by atomic mass is 9.96. The molecule has 0 saturated heterocycles. The summed E-state index contributed by atoms with van der Waals surface area (Å²) in [6.45, 7) is 0. The summed E-state index contributed by atoms with van der Waals surface area (Å²) >= 11 is 0. The number of fused-ring (bicyclic) bond motifs is 7. The van der Waals surface area contributed by atoms with Crippen LogP contribution in [0.5, 0.6) is 0 Å². The number of pyridine rings is 1. The van der Waals surface area contributed by atoms with Gasteiger partial charge < -0.3 is 9.13 Å². The van der Waals surface area contributed by atoms with Crippen LogP contribution in [0.4, 0.5) is 0 Å². The highest BCUT2D eigenvalue weighted by Crippen LogP contribution is 2.42. The summed E-state index contributed by atoms with van der Waals surface area (Å²) in [5.41, 5.74) is 15.8. The summed E-state index contributed by atoms with van der Waals surface area (Å²) in [4.78, 5) is 5.27. The van der Waals surface area contributed by atoms with Gasteiger partial charge in [0.25, 0.3) is 0 Å². The van der Waals surface area contributed by atoms with Crippen LogP contribution in [0.3, 0.4) is 0 Å². The molecule has 56 heavy (non-hydrogen) atoms. The third kappa shape index (κ3) is 5.25. The zero-order chi connectivity index (χ0) is 37.0. The van der Waals surface area contributed by atoms with Crippen LogP contribution in [-0.2, 0) is 0 Å². The van der Waals surface area contributed by atoms with Gasteiger partial charge in [0.15, 0.2) is 0 Å². The maximum Gasteiger partial charge on any atom is 0.0788 e. The molecule has 262 valence electrons. The van der Waals surface area contributed by atoms with Crippen LogP contribution in [0.2, 0.25) is 0 Å². The predicted octanol–water partition coefficient (Wildman–Crippen LogP) is 13.9. The first kappa shape index (κ1) is 32.0. The van der Waals surface area contributed by atoms with Crippen LogP contribution in [0.1, 0.15) is 0 Å². The summed E-state index contributed by atoms with van der Waals surface area (Å²) in [6.07, 6.45) is 0. The molecule has 11 aromatic rings. The minimum absolute atomic E-state index is 0.937. The van der Waals surface area contributed by atoms with Gasteiger partial charge in [0.05, 0.1) is 33.5 Å². The highest BCUT2D eigenvalue weighted by Gasteiger charge is 2.21. The number of hydrogen-bond donors (Lipinski definition) is 0. The molecule has 0 amide bonds. The minimum atomic E-state index is 0.937. The molecule has 0 aliphatic rings. The molecule has 0 spiro atoms. The molecule has 0 aliphatic heterocycles. The van der Waals surface area contributed by atoms with Crippen LogP contribution in [-0.4, -0.2) is 14.1 Å². The van der Waals surface area contributed by atoms with Gasteiger partial charge in [0.2, 0.25) is 0 Å². The Labute approximate surface area is 325 Å². The summed E-state index contributed by atoms with van der Waals surface area (Å²) in [7, 11) is 0. The van der Waals surface area contributed by atoms with E-state index in [9.17, 15) is 0 Å². The summed E-state index contributed by atoms with van der Waals surface area (Å²) in [5.74, 6) is 0. The highest BCUT2D eigenvalue weighted by atomic mass is 15.0. The van der Waals surface area contributed by atoms with Crippen LogP contribution < -0.4 is 0 Å². The number of rotatable bonds is 6. The molecule has 0 aliphatic carbocycles. The Morgan fingerprint density at radius 1 is 0.268 bits per heavy atom. The molecule has 3 nitrogen and oxygen atoms in total. The van der Waals surface area contributed by atoms with E-state index in [-0.39, 0.29) is 0 Å². The minimum Gasteiger partial charge on any atom is -0.307 e.